The SMILES string of the molecule is CC(=O)N(c1ccc2c(c1)OCO2)C(C)C(=O)O. The van der Waals surface area contributed by atoms with Gasteiger partial charge in [-0.15, -0.1) is 0 Å². The Morgan fingerprint density at radius 3 is 2.61 bits per heavy atom. The molecule has 1 heterocycles. The van der Waals surface area contributed by atoms with Crippen LogP contribution in [0, 0.1) is 0 Å². The maximum absolute atomic E-state index is 11.6. The first-order valence-electron chi connectivity index (χ1n) is 5.43. The number of rotatable bonds is 3. The van der Waals surface area contributed by atoms with Crippen LogP contribution in [-0.4, -0.2) is 29.8 Å². The van der Waals surface area contributed by atoms with Crippen LogP contribution in [-0.2, 0) is 9.59 Å². The van der Waals surface area contributed by atoms with Gasteiger partial charge in [0.15, 0.2) is 11.5 Å². The van der Waals surface area contributed by atoms with E-state index in [0.29, 0.717) is 17.2 Å². The van der Waals surface area contributed by atoms with Crippen molar-refractivity contribution >= 4 is 17.6 Å². The normalized spacial score (nSPS) is 14.1. The van der Waals surface area contributed by atoms with E-state index >= 15 is 0 Å². The number of nitrogens with zero attached hydrogens (tertiary/aromatic N) is 1. The quantitative estimate of drug-likeness (QED) is 0.874. The van der Waals surface area contributed by atoms with Gasteiger partial charge in [0, 0.05) is 18.7 Å². The molecule has 18 heavy (non-hydrogen) atoms. The number of ether oxygens (including phenoxy) is 2. The first-order chi connectivity index (χ1) is 8.50. The highest BCUT2D eigenvalue weighted by Crippen LogP contribution is 2.36. The highest BCUT2D eigenvalue weighted by molar-refractivity contribution is 5.97. The molecule has 0 radical (unpaired) electrons. The average molecular weight is 251 g/mol. The van der Waals surface area contributed by atoms with E-state index in [0.717, 1.165) is 0 Å². The lowest BCUT2D eigenvalue weighted by molar-refractivity contribution is -0.139. The first-order valence-corrected chi connectivity index (χ1v) is 5.43. The smallest absolute Gasteiger partial charge is 0.326 e. The van der Waals surface area contributed by atoms with Crippen molar-refractivity contribution in [2.45, 2.75) is 19.9 Å². The molecule has 1 aromatic carbocycles. The Bertz CT molecular complexity index is 499. The number of carbonyl (C=O) groups is 2. The summed E-state index contributed by atoms with van der Waals surface area (Å²) in [6.07, 6.45) is 0. The molecule has 96 valence electrons. The summed E-state index contributed by atoms with van der Waals surface area (Å²) in [7, 11) is 0. The predicted molar refractivity (Wildman–Crippen MR) is 62.8 cm³/mol. The second-order valence-corrected chi connectivity index (χ2v) is 3.94. The number of carbonyl (C=O) groups excluding carboxylic acids is 1. The molecule has 2 rings (SSSR count). The van der Waals surface area contributed by atoms with Gasteiger partial charge in [0.25, 0.3) is 0 Å². The minimum atomic E-state index is -1.07. The van der Waals surface area contributed by atoms with Crippen LogP contribution in [0.5, 0.6) is 11.5 Å². The lowest BCUT2D eigenvalue weighted by Gasteiger charge is -2.25. The van der Waals surface area contributed by atoms with Gasteiger partial charge in [0.1, 0.15) is 6.04 Å². The third-order valence-corrected chi connectivity index (χ3v) is 2.72. The summed E-state index contributed by atoms with van der Waals surface area (Å²) in [5.74, 6) is -0.312. The Kier molecular flexibility index (Phi) is 3.10. The maximum atomic E-state index is 11.6. The summed E-state index contributed by atoms with van der Waals surface area (Å²) < 4.78 is 10.4. The van der Waals surface area contributed by atoms with Crippen LogP contribution in [0.15, 0.2) is 18.2 Å². The zero-order valence-electron chi connectivity index (χ0n) is 10.0. The van der Waals surface area contributed by atoms with Crippen molar-refractivity contribution in [2.75, 3.05) is 11.7 Å². The molecule has 1 atom stereocenters. The maximum Gasteiger partial charge on any atom is 0.326 e. The molecule has 0 saturated heterocycles. The van der Waals surface area contributed by atoms with Crippen molar-refractivity contribution in [1.82, 2.24) is 0 Å². The minimum Gasteiger partial charge on any atom is -0.480 e. The Labute approximate surface area is 104 Å². The number of anilines is 1. The molecule has 6 nitrogen and oxygen atoms in total. The topological polar surface area (TPSA) is 76.1 Å². The first kappa shape index (κ1) is 12.2. The third-order valence-electron chi connectivity index (χ3n) is 2.72. The fraction of sp³-hybridized carbons (Fsp3) is 0.333. The molecular weight excluding hydrogens is 238 g/mol. The fourth-order valence-corrected chi connectivity index (χ4v) is 1.82. The van der Waals surface area contributed by atoms with Crippen molar-refractivity contribution in [3.8, 4) is 11.5 Å². The number of aliphatic carboxylic acids is 1. The van der Waals surface area contributed by atoms with Crippen molar-refractivity contribution in [3.63, 3.8) is 0 Å². The standard InChI is InChI=1S/C12H13NO5/c1-7(12(15)16)13(8(2)14)9-3-4-10-11(5-9)18-6-17-10/h3-5,7H,6H2,1-2H3,(H,15,16). The van der Waals surface area contributed by atoms with Crippen LogP contribution >= 0.6 is 0 Å². The van der Waals surface area contributed by atoms with Crippen LogP contribution in [0.4, 0.5) is 5.69 Å². The van der Waals surface area contributed by atoms with Gasteiger partial charge in [0.05, 0.1) is 0 Å². The van der Waals surface area contributed by atoms with Gasteiger partial charge in [-0.05, 0) is 19.1 Å². The van der Waals surface area contributed by atoms with Crippen molar-refractivity contribution in [1.29, 1.82) is 0 Å². The lowest BCUT2D eigenvalue weighted by Crippen LogP contribution is -2.42. The lowest BCUT2D eigenvalue weighted by atomic mass is 10.2. The van der Waals surface area contributed by atoms with E-state index in [9.17, 15) is 9.59 Å². The van der Waals surface area contributed by atoms with Gasteiger partial charge in [-0.1, -0.05) is 0 Å². The minimum absolute atomic E-state index is 0.132. The van der Waals surface area contributed by atoms with E-state index in [1.807, 2.05) is 0 Å². The molecule has 0 aliphatic carbocycles. The third kappa shape index (κ3) is 2.09. The molecule has 0 bridgehead atoms. The molecule has 0 aromatic heterocycles. The molecule has 1 N–H and O–H groups in total. The van der Waals surface area contributed by atoms with Gasteiger partial charge >= 0.3 is 5.97 Å². The monoisotopic (exact) mass is 251 g/mol. The Morgan fingerprint density at radius 1 is 1.33 bits per heavy atom. The largest absolute Gasteiger partial charge is 0.480 e. The number of hydrogen-bond donors (Lipinski definition) is 1. The molecule has 1 aromatic rings. The number of carboxylic acids is 1. The summed E-state index contributed by atoms with van der Waals surface area (Å²) >= 11 is 0. The Morgan fingerprint density at radius 2 is 2.00 bits per heavy atom. The van der Waals surface area contributed by atoms with Gasteiger partial charge in [-0.25, -0.2) is 4.79 Å². The van der Waals surface area contributed by atoms with E-state index in [-0.39, 0.29) is 12.7 Å². The van der Waals surface area contributed by atoms with Gasteiger partial charge in [0.2, 0.25) is 12.7 Å². The van der Waals surface area contributed by atoms with Gasteiger partial charge in [-0.2, -0.15) is 0 Å². The average Bonchev–Trinajstić information content (AvgIpc) is 2.75. The molecule has 0 fully saturated rings. The molecule has 1 amide bonds. The number of fused-ring (bicyclic) bond motifs is 1. The fourth-order valence-electron chi connectivity index (χ4n) is 1.82. The van der Waals surface area contributed by atoms with E-state index < -0.39 is 12.0 Å². The van der Waals surface area contributed by atoms with E-state index in [2.05, 4.69) is 0 Å². The number of amides is 1. The van der Waals surface area contributed by atoms with Gasteiger partial charge in [-0.3, -0.25) is 9.69 Å². The zero-order valence-corrected chi connectivity index (χ0v) is 10.0. The summed E-state index contributed by atoms with van der Waals surface area (Å²) in [5.41, 5.74) is 0.474. The van der Waals surface area contributed by atoms with Crippen LogP contribution in [0.25, 0.3) is 0 Å². The molecule has 1 unspecified atom stereocenters. The summed E-state index contributed by atoms with van der Waals surface area (Å²) in [4.78, 5) is 23.8. The second-order valence-electron chi connectivity index (χ2n) is 3.94. The summed E-state index contributed by atoms with van der Waals surface area (Å²) in [5, 5.41) is 9.01. The van der Waals surface area contributed by atoms with Crippen molar-refractivity contribution in [3.05, 3.63) is 18.2 Å². The molecular formula is C12H13NO5. The van der Waals surface area contributed by atoms with E-state index in [1.165, 1.54) is 18.7 Å². The highest BCUT2D eigenvalue weighted by atomic mass is 16.7. The Balaban J connectivity index is 2.37. The molecule has 1 aliphatic rings. The molecule has 0 spiro atoms. The molecule has 1 aliphatic heterocycles. The molecule has 6 heteroatoms. The van der Waals surface area contributed by atoms with Crippen molar-refractivity contribution in [2.24, 2.45) is 0 Å². The van der Waals surface area contributed by atoms with Crippen molar-refractivity contribution < 1.29 is 24.2 Å². The summed E-state index contributed by atoms with van der Waals surface area (Å²) in [6, 6.07) is 3.95. The van der Waals surface area contributed by atoms with Crippen LogP contribution in [0.3, 0.4) is 0 Å². The van der Waals surface area contributed by atoms with E-state index in [4.69, 9.17) is 14.6 Å². The van der Waals surface area contributed by atoms with Gasteiger partial charge < -0.3 is 14.6 Å². The number of carboxylic acid groups (broad SMARTS) is 1. The zero-order chi connectivity index (χ0) is 13.3. The Hall–Kier alpha value is -2.24. The van der Waals surface area contributed by atoms with Crippen LogP contribution in [0.2, 0.25) is 0 Å². The predicted octanol–water partition coefficient (Wildman–Crippen LogP) is 1.24. The second kappa shape index (κ2) is 4.56. The summed E-state index contributed by atoms with van der Waals surface area (Å²) in [6.45, 7) is 2.91. The molecule has 0 saturated carbocycles. The number of benzene rings is 1. The van der Waals surface area contributed by atoms with E-state index in [1.54, 1.807) is 18.2 Å². The van der Waals surface area contributed by atoms with Crippen LogP contribution in [0.1, 0.15) is 13.8 Å². The number of hydrogen-bond acceptors (Lipinski definition) is 4. The highest BCUT2D eigenvalue weighted by Gasteiger charge is 2.26. The van der Waals surface area contributed by atoms with Crippen LogP contribution < -0.4 is 14.4 Å².